The molecule has 0 amide bonds. The topological polar surface area (TPSA) is 9.23 Å². The third-order valence-electron chi connectivity index (χ3n) is 2.42. The van der Waals surface area contributed by atoms with Crippen molar-refractivity contribution in [3.05, 3.63) is 42.0 Å². The van der Waals surface area contributed by atoms with E-state index in [9.17, 15) is 0 Å². The molecule has 0 aliphatic heterocycles. The van der Waals surface area contributed by atoms with Crippen molar-refractivity contribution in [2.75, 3.05) is 0 Å². The minimum Gasteiger partial charge on any atom is -0.411 e. The van der Waals surface area contributed by atoms with E-state index < -0.39 is 8.32 Å². The van der Waals surface area contributed by atoms with Crippen LogP contribution in [0, 0.1) is 5.92 Å². The Morgan fingerprint density at radius 3 is 2.12 bits per heavy atom. The Kier molecular flexibility index (Phi) is 5.16. The second kappa shape index (κ2) is 6.17. The number of hydrogen-bond acceptors (Lipinski definition) is 1. The Hall–Kier alpha value is -0.863. The summed E-state index contributed by atoms with van der Waals surface area (Å²) in [5.41, 5.74) is 1.23. The van der Waals surface area contributed by atoms with Gasteiger partial charge in [-0.05, 0) is 31.1 Å². The van der Waals surface area contributed by atoms with Crippen molar-refractivity contribution in [1.82, 2.24) is 0 Å². The predicted molar refractivity (Wildman–Crippen MR) is 78.5 cm³/mol. The van der Waals surface area contributed by atoms with Crippen molar-refractivity contribution in [2.24, 2.45) is 5.92 Å². The zero-order chi connectivity index (χ0) is 12.9. The van der Waals surface area contributed by atoms with Crippen LogP contribution in [0.5, 0.6) is 0 Å². The van der Waals surface area contributed by atoms with Crippen LogP contribution in [0.25, 0.3) is 6.08 Å². The summed E-state index contributed by atoms with van der Waals surface area (Å²) in [5, 5.41) is 0. The summed E-state index contributed by atoms with van der Waals surface area (Å²) in [6.07, 6.45) is 4.57. The lowest BCUT2D eigenvalue weighted by molar-refractivity contribution is 0.191. The van der Waals surface area contributed by atoms with E-state index in [0.717, 1.165) is 0 Å². The molecule has 1 aromatic rings. The highest BCUT2D eigenvalue weighted by Crippen LogP contribution is 2.16. The lowest BCUT2D eigenvalue weighted by Gasteiger charge is -2.27. The zero-order valence-corrected chi connectivity index (χ0v) is 12.6. The average Bonchev–Trinajstić information content (AvgIpc) is 2.24. The molecule has 1 unspecified atom stereocenters. The second-order valence-corrected chi connectivity index (χ2v) is 10.2. The van der Waals surface area contributed by atoms with E-state index >= 15 is 0 Å². The minimum atomic E-state index is -1.47. The molecule has 0 spiro atoms. The molecule has 0 aliphatic carbocycles. The molecule has 0 aromatic heterocycles. The van der Waals surface area contributed by atoms with E-state index in [1.165, 1.54) is 5.56 Å². The van der Waals surface area contributed by atoms with E-state index in [0.29, 0.717) is 5.92 Å². The first kappa shape index (κ1) is 14.2. The fourth-order valence-corrected chi connectivity index (χ4v) is 2.74. The van der Waals surface area contributed by atoms with Gasteiger partial charge in [-0.25, -0.2) is 0 Å². The standard InChI is InChI=1S/C15H24OSi/c1-13(2)15(16-17(3,4)5)12-11-14-9-7-6-8-10-14/h6-13,15H,1-5H3/b12-11-. The van der Waals surface area contributed by atoms with Gasteiger partial charge in [-0.1, -0.05) is 56.3 Å². The van der Waals surface area contributed by atoms with Gasteiger partial charge in [0.1, 0.15) is 0 Å². The van der Waals surface area contributed by atoms with E-state index in [1.807, 2.05) is 6.07 Å². The molecule has 0 saturated heterocycles. The van der Waals surface area contributed by atoms with Gasteiger partial charge < -0.3 is 4.43 Å². The molecule has 1 aromatic carbocycles. The van der Waals surface area contributed by atoms with Crippen LogP contribution in [0.3, 0.4) is 0 Å². The molecule has 0 heterocycles. The third-order valence-corrected chi connectivity index (χ3v) is 3.40. The van der Waals surface area contributed by atoms with E-state index in [1.54, 1.807) is 0 Å². The van der Waals surface area contributed by atoms with Crippen LogP contribution >= 0.6 is 0 Å². The fourth-order valence-electron chi connectivity index (χ4n) is 1.58. The van der Waals surface area contributed by atoms with Crippen LogP contribution in [-0.2, 0) is 4.43 Å². The molecule has 0 N–H and O–H groups in total. The summed E-state index contributed by atoms with van der Waals surface area (Å²) in [7, 11) is -1.47. The number of rotatable bonds is 5. The normalized spacial score (nSPS) is 14.5. The first-order valence-electron chi connectivity index (χ1n) is 6.29. The maximum atomic E-state index is 6.17. The predicted octanol–water partition coefficient (Wildman–Crippen LogP) is 4.58. The zero-order valence-electron chi connectivity index (χ0n) is 11.6. The van der Waals surface area contributed by atoms with E-state index in [4.69, 9.17) is 4.43 Å². The average molecular weight is 248 g/mol. The van der Waals surface area contributed by atoms with Crippen LogP contribution in [0.4, 0.5) is 0 Å². The Labute approximate surface area is 107 Å². The molecule has 0 fully saturated rings. The van der Waals surface area contributed by atoms with Gasteiger partial charge in [0, 0.05) is 0 Å². The maximum absolute atomic E-state index is 6.17. The van der Waals surface area contributed by atoms with Gasteiger partial charge in [0.15, 0.2) is 8.32 Å². The fraction of sp³-hybridized carbons (Fsp3) is 0.467. The smallest absolute Gasteiger partial charge is 0.184 e. The van der Waals surface area contributed by atoms with Crippen molar-refractivity contribution in [1.29, 1.82) is 0 Å². The van der Waals surface area contributed by atoms with Gasteiger partial charge in [0.05, 0.1) is 6.10 Å². The molecule has 2 heteroatoms. The highest BCUT2D eigenvalue weighted by atomic mass is 28.4. The highest BCUT2D eigenvalue weighted by molar-refractivity contribution is 6.69. The Morgan fingerprint density at radius 2 is 1.65 bits per heavy atom. The van der Waals surface area contributed by atoms with Crippen molar-refractivity contribution in [3.63, 3.8) is 0 Å². The Balaban J connectivity index is 2.71. The summed E-state index contributed by atoms with van der Waals surface area (Å²) >= 11 is 0. The molecule has 0 radical (unpaired) electrons. The van der Waals surface area contributed by atoms with Crippen molar-refractivity contribution >= 4 is 14.4 Å². The molecular weight excluding hydrogens is 224 g/mol. The molecule has 1 atom stereocenters. The lowest BCUT2D eigenvalue weighted by atomic mass is 10.1. The van der Waals surface area contributed by atoms with Gasteiger partial charge in [0.2, 0.25) is 0 Å². The molecule has 0 bridgehead atoms. The van der Waals surface area contributed by atoms with E-state index in [-0.39, 0.29) is 6.10 Å². The third kappa shape index (κ3) is 5.85. The first-order chi connectivity index (χ1) is 7.88. The van der Waals surface area contributed by atoms with Crippen molar-refractivity contribution < 1.29 is 4.43 Å². The van der Waals surface area contributed by atoms with Gasteiger partial charge in [0.25, 0.3) is 0 Å². The van der Waals surface area contributed by atoms with Gasteiger partial charge in [-0.15, -0.1) is 0 Å². The molecule has 1 rings (SSSR count). The quantitative estimate of drug-likeness (QED) is 0.693. The van der Waals surface area contributed by atoms with Crippen LogP contribution in [-0.4, -0.2) is 14.4 Å². The van der Waals surface area contributed by atoms with Crippen molar-refractivity contribution in [3.8, 4) is 0 Å². The second-order valence-electron chi connectivity index (χ2n) is 5.71. The summed E-state index contributed by atoms with van der Waals surface area (Å²) in [6, 6.07) is 10.4. The molecule has 0 saturated carbocycles. The van der Waals surface area contributed by atoms with Crippen LogP contribution < -0.4 is 0 Å². The minimum absolute atomic E-state index is 0.224. The van der Waals surface area contributed by atoms with Crippen LogP contribution in [0.2, 0.25) is 19.6 Å². The number of hydrogen-bond donors (Lipinski definition) is 0. The molecule has 0 aliphatic rings. The summed E-state index contributed by atoms with van der Waals surface area (Å²) in [6.45, 7) is 11.1. The number of benzene rings is 1. The Bertz CT molecular complexity index is 349. The van der Waals surface area contributed by atoms with Crippen LogP contribution in [0.15, 0.2) is 36.4 Å². The summed E-state index contributed by atoms with van der Waals surface area (Å²) < 4.78 is 6.17. The summed E-state index contributed by atoms with van der Waals surface area (Å²) in [4.78, 5) is 0. The lowest BCUT2D eigenvalue weighted by Crippen LogP contribution is -2.33. The first-order valence-corrected chi connectivity index (χ1v) is 9.70. The van der Waals surface area contributed by atoms with Gasteiger partial charge in [-0.2, -0.15) is 0 Å². The highest BCUT2D eigenvalue weighted by Gasteiger charge is 2.21. The van der Waals surface area contributed by atoms with Crippen LogP contribution in [0.1, 0.15) is 19.4 Å². The van der Waals surface area contributed by atoms with E-state index in [2.05, 4.69) is 69.9 Å². The molecule has 1 nitrogen and oxygen atoms in total. The monoisotopic (exact) mass is 248 g/mol. The molecular formula is C15H24OSi. The summed E-state index contributed by atoms with van der Waals surface area (Å²) in [5.74, 6) is 0.515. The van der Waals surface area contributed by atoms with Gasteiger partial charge in [-0.3, -0.25) is 0 Å². The van der Waals surface area contributed by atoms with Gasteiger partial charge >= 0.3 is 0 Å². The molecule has 17 heavy (non-hydrogen) atoms. The van der Waals surface area contributed by atoms with Crippen molar-refractivity contribution in [2.45, 2.75) is 39.6 Å². The largest absolute Gasteiger partial charge is 0.411 e. The SMILES string of the molecule is CC(C)C(/C=C\c1ccccc1)O[Si](C)(C)C. The maximum Gasteiger partial charge on any atom is 0.184 e. The molecule has 94 valence electrons. The Morgan fingerprint density at radius 1 is 1.06 bits per heavy atom.